The quantitative estimate of drug-likeness (QED) is 0.492. The summed E-state index contributed by atoms with van der Waals surface area (Å²) in [6.45, 7) is 1.44. The first-order valence-corrected chi connectivity index (χ1v) is 10.5. The molecule has 28 heavy (non-hydrogen) atoms. The Kier molecular flexibility index (Phi) is 7.43. The summed E-state index contributed by atoms with van der Waals surface area (Å²) < 4.78 is 21.6. The molecule has 4 N–H and O–H groups in total. The van der Waals surface area contributed by atoms with Crippen molar-refractivity contribution in [1.29, 1.82) is 0 Å². The largest absolute Gasteiger partial charge is 0.484 e. The molecule has 0 saturated carbocycles. The third-order valence-corrected chi connectivity index (χ3v) is 3.99. The number of anilines is 1. The van der Waals surface area contributed by atoms with E-state index in [9.17, 15) is 19.0 Å². The van der Waals surface area contributed by atoms with E-state index in [-0.39, 0.29) is 19.5 Å². The Morgan fingerprint density at radius 3 is 2.46 bits per heavy atom. The molecule has 2 rings (SSSR count). The number of ether oxygens (including phenoxy) is 2. The zero-order valence-corrected chi connectivity index (χ0v) is 16.0. The van der Waals surface area contributed by atoms with E-state index in [4.69, 9.17) is 14.6 Å². The molecule has 0 heterocycles. The smallest absolute Gasteiger partial charge is 0.409 e. The van der Waals surface area contributed by atoms with Gasteiger partial charge in [-0.25, -0.2) is 9.59 Å². The van der Waals surface area contributed by atoms with Gasteiger partial charge in [0, 0.05) is 18.9 Å². The first-order valence-electron chi connectivity index (χ1n) is 8.22. The molecular weight excluding hydrogens is 387 g/mol. The molecule has 2 amide bonds. The maximum absolute atomic E-state index is 11.8. The number of carbonyl (C=O) groups is 2. The van der Waals surface area contributed by atoms with Crippen LogP contribution in [-0.4, -0.2) is 35.2 Å². The maximum atomic E-state index is 11.8. The van der Waals surface area contributed by atoms with Gasteiger partial charge in [-0.05, 0) is 35.4 Å². The number of carboxylic acid groups (broad SMARTS) is 1. The van der Waals surface area contributed by atoms with Crippen LogP contribution in [0.3, 0.4) is 0 Å². The molecule has 1 unspecified atom stereocenters. The standard InChI is InChI=1S/C18H21N2O7P/c1-28(24,25)12-27-16-4-2-3-14(9-16)10-19-18(23)26-11-13-5-7-15(8-6-13)20-17(21)22/h2-9,20H,10-12H2,1H3,(H,19,23)(H,21,22)(H,24,25). The van der Waals surface area contributed by atoms with Gasteiger partial charge in [0.15, 0.2) is 6.35 Å². The normalized spacial score (nSPS) is 12.5. The second kappa shape index (κ2) is 9.77. The summed E-state index contributed by atoms with van der Waals surface area (Å²) in [5.74, 6) is 0.429. The van der Waals surface area contributed by atoms with Crippen molar-refractivity contribution in [3.05, 3.63) is 59.7 Å². The Bertz CT molecular complexity index is 864. The van der Waals surface area contributed by atoms with E-state index in [2.05, 4.69) is 10.6 Å². The van der Waals surface area contributed by atoms with Gasteiger partial charge in [-0.1, -0.05) is 24.3 Å². The van der Waals surface area contributed by atoms with Gasteiger partial charge in [-0.15, -0.1) is 0 Å². The van der Waals surface area contributed by atoms with Crippen molar-refractivity contribution in [3.8, 4) is 5.75 Å². The van der Waals surface area contributed by atoms with Crippen LogP contribution in [-0.2, 0) is 22.5 Å². The highest BCUT2D eigenvalue weighted by Gasteiger charge is 2.11. The Morgan fingerprint density at radius 1 is 1.11 bits per heavy atom. The molecule has 0 aliphatic rings. The van der Waals surface area contributed by atoms with Gasteiger partial charge in [0.2, 0.25) is 7.37 Å². The number of alkyl carbamates (subject to hydrolysis) is 1. The molecule has 0 saturated heterocycles. The fourth-order valence-electron chi connectivity index (χ4n) is 2.12. The Balaban J connectivity index is 1.78. The van der Waals surface area contributed by atoms with Gasteiger partial charge in [-0.3, -0.25) is 9.88 Å². The molecule has 9 nitrogen and oxygen atoms in total. The molecular formula is C18H21N2O7P. The van der Waals surface area contributed by atoms with Crippen LogP contribution < -0.4 is 15.4 Å². The highest BCUT2D eigenvalue weighted by Crippen LogP contribution is 2.35. The lowest BCUT2D eigenvalue weighted by molar-refractivity contribution is 0.139. The van der Waals surface area contributed by atoms with Gasteiger partial charge < -0.3 is 24.8 Å². The van der Waals surface area contributed by atoms with Crippen LogP contribution in [0.5, 0.6) is 5.75 Å². The summed E-state index contributed by atoms with van der Waals surface area (Å²) in [5.41, 5.74) is 1.86. The average molecular weight is 408 g/mol. The minimum atomic E-state index is -3.27. The minimum absolute atomic E-state index is 0.0324. The topological polar surface area (TPSA) is 134 Å². The minimum Gasteiger partial charge on any atom is -0.484 e. The van der Waals surface area contributed by atoms with Crippen molar-refractivity contribution in [3.63, 3.8) is 0 Å². The zero-order valence-electron chi connectivity index (χ0n) is 15.1. The predicted molar refractivity (Wildman–Crippen MR) is 103 cm³/mol. The van der Waals surface area contributed by atoms with E-state index >= 15 is 0 Å². The van der Waals surface area contributed by atoms with E-state index < -0.39 is 19.6 Å². The zero-order chi connectivity index (χ0) is 20.6. The average Bonchev–Trinajstić information content (AvgIpc) is 2.63. The maximum Gasteiger partial charge on any atom is 0.409 e. The summed E-state index contributed by atoms with van der Waals surface area (Å²) in [5, 5.41) is 13.4. The number of benzene rings is 2. The van der Waals surface area contributed by atoms with Crippen LogP contribution in [0.25, 0.3) is 0 Å². The van der Waals surface area contributed by atoms with Crippen LogP contribution in [0.4, 0.5) is 15.3 Å². The monoisotopic (exact) mass is 408 g/mol. The van der Waals surface area contributed by atoms with Crippen LogP contribution in [0.1, 0.15) is 11.1 Å². The SMILES string of the molecule is CP(=O)(O)COc1cccc(CNC(=O)OCc2ccc(NC(=O)O)cc2)c1. The third-order valence-electron chi connectivity index (χ3n) is 3.38. The molecule has 150 valence electrons. The van der Waals surface area contributed by atoms with E-state index in [1.54, 1.807) is 48.5 Å². The first-order chi connectivity index (χ1) is 13.2. The molecule has 0 bridgehead atoms. The summed E-state index contributed by atoms with van der Waals surface area (Å²) in [6.07, 6.45) is -2.06. The number of amides is 2. The van der Waals surface area contributed by atoms with Crippen LogP contribution in [0.2, 0.25) is 0 Å². The molecule has 0 aromatic heterocycles. The molecule has 2 aromatic carbocycles. The van der Waals surface area contributed by atoms with Crippen molar-refractivity contribution in [1.82, 2.24) is 5.32 Å². The lowest BCUT2D eigenvalue weighted by Crippen LogP contribution is -2.23. The van der Waals surface area contributed by atoms with Crippen molar-refractivity contribution in [2.75, 3.05) is 18.3 Å². The van der Waals surface area contributed by atoms with E-state index in [1.165, 1.54) is 6.66 Å². The number of nitrogens with one attached hydrogen (secondary N) is 2. The Labute approximate surface area is 161 Å². The molecule has 0 aliphatic carbocycles. The number of rotatable bonds is 8. The molecule has 0 fully saturated rings. The lowest BCUT2D eigenvalue weighted by atomic mass is 10.2. The number of hydrogen-bond acceptors (Lipinski definition) is 5. The number of carbonyl (C=O) groups excluding carboxylic acids is 1. The van der Waals surface area contributed by atoms with Crippen LogP contribution in [0, 0.1) is 0 Å². The molecule has 2 aromatic rings. The molecule has 0 spiro atoms. The van der Waals surface area contributed by atoms with Gasteiger partial charge >= 0.3 is 12.2 Å². The summed E-state index contributed by atoms with van der Waals surface area (Å²) in [6, 6.07) is 13.2. The predicted octanol–water partition coefficient (Wildman–Crippen LogP) is 3.44. The molecule has 1 atom stereocenters. The van der Waals surface area contributed by atoms with Crippen molar-refractivity contribution >= 4 is 25.2 Å². The summed E-state index contributed by atoms with van der Waals surface area (Å²) in [4.78, 5) is 31.6. The highest BCUT2D eigenvalue weighted by atomic mass is 31.2. The Hall–Kier alpha value is -3.03. The van der Waals surface area contributed by atoms with E-state index in [0.29, 0.717) is 17.0 Å². The second-order valence-electron chi connectivity index (χ2n) is 6.03. The summed E-state index contributed by atoms with van der Waals surface area (Å²) in [7, 11) is -3.27. The second-order valence-corrected chi connectivity index (χ2v) is 8.39. The van der Waals surface area contributed by atoms with Gasteiger partial charge in [0.1, 0.15) is 12.4 Å². The Morgan fingerprint density at radius 2 is 1.82 bits per heavy atom. The fraction of sp³-hybridized carbons (Fsp3) is 0.222. The van der Waals surface area contributed by atoms with Gasteiger partial charge in [0.25, 0.3) is 0 Å². The summed E-state index contributed by atoms with van der Waals surface area (Å²) >= 11 is 0. The van der Waals surface area contributed by atoms with Crippen molar-refractivity contribution in [2.24, 2.45) is 0 Å². The van der Waals surface area contributed by atoms with Crippen molar-refractivity contribution < 1.29 is 33.6 Å². The molecule has 0 radical (unpaired) electrons. The van der Waals surface area contributed by atoms with Crippen LogP contribution in [0.15, 0.2) is 48.5 Å². The third kappa shape index (κ3) is 8.11. The van der Waals surface area contributed by atoms with E-state index in [0.717, 1.165) is 5.56 Å². The van der Waals surface area contributed by atoms with Crippen LogP contribution >= 0.6 is 7.37 Å². The lowest BCUT2D eigenvalue weighted by Gasteiger charge is -2.11. The highest BCUT2D eigenvalue weighted by molar-refractivity contribution is 7.56. The van der Waals surface area contributed by atoms with Crippen molar-refractivity contribution in [2.45, 2.75) is 13.2 Å². The number of hydrogen-bond donors (Lipinski definition) is 4. The fourth-order valence-corrected chi connectivity index (χ4v) is 2.51. The van der Waals surface area contributed by atoms with Gasteiger partial charge in [0.05, 0.1) is 0 Å². The first kappa shape index (κ1) is 21.3. The molecule has 10 heteroatoms. The molecule has 0 aliphatic heterocycles. The van der Waals surface area contributed by atoms with E-state index in [1.807, 2.05) is 0 Å². The van der Waals surface area contributed by atoms with Gasteiger partial charge in [-0.2, -0.15) is 0 Å².